The van der Waals surface area contributed by atoms with E-state index in [1.54, 1.807) is 0 Å². The lowest BCUT2D eigenvalue weighted by Crippen LogP contribution is -2.20. The molecule has 7 heteroatoms. The molecule has 1 aromatic heterocycles. The Bertz CT molecular complexity index is 3090. The topological polar surface area (TPSA) is 45.2 Å². The zero-order valence-corrected chi connectivity index (χ0v) is 33.7. The third-order valence-corrected chi connectivity index (χ3v) is 13.5. The Labute approximate surface area is 356 Å². The Balaban J connectivity index is 1.23. The molecule has 0 atom stereocenters. The number of hydrogen-bond donors (Lipinski definition) is 0. The zero-order valence-electron chi connectivity index (χ0n) is 32.1. The maximum atomic E-state index is 5.47. The van der Waals surface area contributed by atoms with E-state index in [0.29, 0.717) is 17.5 Å². The molecule has 282 valence electrons. The Hall–Kier alpha value is -7.19. The number of hydrogen-bond acceptors (Lipinski definition) is 7. The maximum absolute atomic E-state index is 5.47. The van der Waals surface area contributed by atoms with E-state index in [2.05, 4.69) is 174 Å². The van der Waals surface area contributed by atoms with Crippen LogP contribution in [0.3, 0.4) is 0 Å². The van der Waals surface area contributed by atoms with Gasteiger partial charge in [-0.2, -0.15) is 0 Å². The second kappa shape index (κ2) is 14.3. The van der Waals surface area contributed by atoms with Crippen molar-refractivity contribution in [2.24, 2.45) is 0 Å². The molecular formula is C53H33N5S2. The number of rotatable bonds is 5. The fraction of sp³-hybridized carbons (Fsp3) is 0. The van der Waals surface area contributed by atoms with E-state index >= 15 is 0 Å². The highest BCUT2D eigenvalue weighted by molar-refractivity contribution is 8.00. The minimum absolute atomic E-state index is 0.586. The van der Waals surface area contributed by atoms with Crippen molar-refractivity contribution in [1.29, 1.82) is 0 Å². The molecule has 3 heterocycles. The van der Waals surface area contributed by atoms with Crippen molar-refractivity contribution in [2.75, 3.05) is 9.80 Å². The van der Waals surface area contributed by atoms with Gasteiger partial charge in [-0.1, -0.05) is 175 Å². The van der Waals surface area contributed by atoms with Crippen molar-refractivity contribution in [3.05, 3.63) is 200 Å². The van der Waals surface area contributed by atoms with Crippen molar-refractivity contribution < 1.29 is 0 Å². The molecular weight excluding hydrogens is 771 g/mol. The molecule has 0 bridgehead atoms. The van der Waals surface area contributed by atoms with Crippen molar-refractivity contribution in [1.82, 2.24) is 15.0 Å². The molecule has 9 aromatic carbocycles. The molecule has 0 spiro atoms. The van der Waals surface area contributed by atoms with Gasteiger partial charge in [0.15, 0.2) is 17.5 Å². The van der Waals surface area contributed by atoms with Gasteiger partial charge >= 0.3 is 0 Å². The Morgan fingerprint density at radius 3 is 1.20 bits per heavy atom. The van der Waals surface area contributed by atoms with Gasteiger partial charge < -0.3 is 9.80 Å². The third kappa shape index (κ3) is 5.69. The molecule has 0 amide bonds. The standard InChI is InChI=1S/C53H33N5S2/c1-3-18-36(19-4-1)51-54-52(37-20-5-2-6-21-37)56-53(55-51)48-42(57-40-24-11-13-28-44(40)59-46-32-30-34-16-7-9-22-38(34)49(46)57)26-15-27-43(48)58-41-25-12-14-29-45(41)60-47-33-31-35-17-8-10-23-39(35)50(47)58/h1-33H. The normalized spacial score (nSPS) is 12.8. The number of benzene rings is 9. The summed E-state index contributed by atoms with van der Waals surface area (Å²) in [5.74, 6) is 1.81. The lowest BCUT2D eigenvalue weighted by Gasteiger charge is -2.38. The summed E-state index contributed by atoms with van der Waals surface area (Å²) < 4.78 is 0. The monoisotopic (exact) mass is 803 g/mol. The van der Waals surface area contributed by atoms with E-state index in [0.717, 1.165) is 50.8 Å². The Kier molecular flexibility index (Phi) is 8.28. The maximum Gasteiger partial charge on any atom is 0.168 e. The van der Waals surface area contributed by atoms with Gasteiger partial charge in [-0.15, -0.1) is 0 Å². The second-order valence-corrected chi connectivity index (χ2v) is 17.0. The largest absolute Gasteiger partial charge is 0.307 e. The number of para-hydroxylation sites is 2. The van der Waals surface area contributed by atoms with Crippen molar-refractivity contribution >= 4 is 79.2 Å². The first-order valence-corrected chi connectivity index (χ1v) is 21.6. The van der Waals surface area contributed by atoms with E-state index in [-0.39, 0.29) is 0 Å². The fourth-order valence-corrected chi connectivity index (χ4v) is 10.7. The van der Waals surface area contributed by atoms with Crippen molar-refractivity contribution in [3.8, 4) is 34.2 Å². The smallest absolute Gasteiger partial charge is 0.168 e. The summed E-state index contributed by atoms with van der Waals surface area (Å²) in [6, 6.07) is 71.0. The summed E-state index contributed by atoms with van der Waals surface area (Å²) in [6.45, 7) is 0. The zero-order chi connectivity index (χ0) is 39.6. The quantitative estimate of drug-likeness (QED) is 0.172. The molecule has 5 nitrogen and oxygen atoms in total. The molecule has 60 heavy (non-hydrogen) atoms. The van der Waals surface area contributed by atoms with E-state index < -0.39 is 0 Å². The summed E-state index contributed by atoms with van der Waals surface area (Å²) in [5.41, 5.74) is 9.16. The van der Waals surface area contributed by atoms with Crippen LogP contribution in [-0.2, 0) is 0 Å². The van der Waals surface area contributed by atoms with Gasteiger partial charge in [0.25, 0.3) is 0 Å². The van der Waals surface area contributed by atoms with Crippen molar-refractivity contribution in [3.63, 3.8) is 0 Å². The minimum atomic E-state index is 0.586. The van der Waals surface area contributed by atoms with Gasteiger partial charge in [0.05, 0.1) is 39.7 Å². The molecule has 2 aliphatic rings. The molecule has 0 unspecified atom stereocenters. The van der Waals surface area contributed by atoms with Gasteiger partial charge in [-0.05, 0) is 59.3 Å². The van der Waals surface area contributed by atoms with Gasteiger partial charge in [0.2, 0.25) is 0 Å². The van der Waals surface area contributed by atoms with Crippen molar-refractivity contribution in [2.45, 2.75) is 19.6 Å². The molecule has 0 N–H and O–H groups in total. The first kappa shape index (κ1) is 34.8. The van der Waals surface area contributed by atoms with Gasteiger partial charge in [0.1, 0.15) is 0 Å². The van der Waals surface area contributed by atoms with Gasteiger partial charge in [0, 0.05) is 41.5 Å². The SMILES string of the molecule is c1ccc(-c2nc(-c3ccccc3)nc(-c3c(N4c5ccccc5Sc5ccc6ccccc6c54)cccc3N3c4ccccc4Sc4ccc5ccccc5c43)n2)cc1. The number of nitrogens with zero attached hydrogens (tertiary/aromatic N) is 5. The average molecular weight is 804 g/mol. The van der Waals surface area contributed by atoms with Crippen LogP contribution in [0.2, 0.25) is 0 Å². The second-order valence-electron chi connectivity index (χ2n) is 14.8. The highest BCUT2D eigenvalue weighted by Crippen LogP contribution is 2.59. The van der Waals surface area contributed by atoms with Gasteiger partial charge in [-0.3, -0.25) is 0 Å². The first-order chi connectivity index (χ1) is 29.8. The molecule has 0 radical (unpaired) electrons. The predicted octanol–water partition coefficient (Wildman–Crippen LogP) is 15.0. The average Bonchev–Trinajstić information content (AvgIpc) is 3.32. The third-order valence-electron chi connectivity index (χ3n) is 11.3. The molecule has 0 fully saturated rings. The van der Waals surface area contributed by atoms with Crippen LogP contribution in [0.1, 0.15) is 0 Å². The lowest BCUT2D eigenvalue weighted by atomic mass is 10.0. The minimum Gasteiger partial charge on any atom is -0.307 e. The van der Waals surface area contributed by atoms with E-state index in [4.69, 9.17) is 15.0 Å². The van der Waals surface area contributed by atoms with Crippen LogP contribution in [0.25, 0.3) is 55.7 Å². The van der Waals surface area contributed by atoms with E-state index in [1.807, 2.05) is 59.9 Å². The number of fused-ring (bicyclic) bond motifs is 8. The first-order valence-electron chi connectivity index (χ1n) is 19.9. The predicted molar refractivity (Wildman–Crippen MR) is 249 cm³/mol. The molecule has 2 aliphatic heterocycles. The Morgan fingerprint density at radius 1 is 0.300 bits per heavy atom. The molecule has 0 saturated carbocycles. The van der Waals surface area contributed by atoms with Gasteiger partial charge in [-0.25, -0.2) is 15.0 Å². The van der Waals surface area contributed by atoms with E-state index in [9.17, 15) is 0 Å². The van der Waals surface area contributed by atoms with Crippen LogP contribution in [0, 0.1) is 0 Å². The highest BCUT2D eigenvalue weighted by Gasteiger charge is 2.34. The molecule has 0 aliphatic carbocycles. The highest BCUT2D eigenvalue weighted by atomic mass is 32.2. The molecule has 10 aromatic rings. The Morgan fingerprint density at radius 2 is 0.700 bits per heavy atom. The van der Waals surface area contributed by atoms with Crippen LogP contribution in [0.5, 0.6) is 0 Å². The summed E-state index contributed by atoms with van der Waals surface area (Å²) in [7, 11) is 0. The van der Waals surface area contributed by atoms with Crippen LogP contribution < -0.4 is 9.80 Å². The van der Waals surface area contributed by atoms with Crippen LogP contribution in [0.4, 0.5) is 34.1 Å². The summed E-state index contributed by atoms with van der Waals surface area (Å²) in [5, 5.41) is 4.71. The number of anilines is 6. The van der Waals surface area contributed by atoms with Crippen LogP contribution in [0.15, 0.2) is 220 Å². The number of aromatic nitrogens is 3. The molecule has 12 rings (SSSR count). The fourth-order valence-electron chi connectivity index (χ4n) is 8.58. The van der Waals surface area contributed by atoms with Crippen LogP contribution in [-0.4, -0.2) is 15.0 Å². The summed E-state index contributed by atoms with van der Waals surface area (Å²) in [4.78, 5) is 25.7. The van der Waals surface area contributed by atoms with Crippen LogP contribution >= 0.6 is 23.5 Å². The summed E-state index contributed by atoms with van der Waals surface area (Å²) in [6.07, 6.45) is 0. The summed E-state index contributed by atoms with van der Waals surface area (Å²) >= 11 is 3.63. The van der Waals surface area contributed by atoms with E-state index in [1.165, 1.54) is 41.1 Å². The molecule has 0 saturated heterocycles. The lowest BCUT2D eigenvalue weighted by molar-refractivity contribution is 1.07.